The number of amides is 1. The van der Waals surface area contributed by atoms with Crippen LogP contribution in [0, 0.1) is 5.92 Å². The van der Waals surface area contributed by atoms with E-state index >= 15 is 0 Å². The number of rotatable bonds is 9. The number of anilines is 1. The van der Waals surface area contributed by atoms with Crippen molar-refractivity contribution in [3.8, 4) is 17.2 Å². The van der Waals surface area contributed by atoms with E-state index in [4.69, 9.17) is 17.0 Å². The van der Waals surface area contributed by atoms with E-state index in [0.717, 1.165) is 23.8 Å². The second kappa shape index (κ2) is 12.0. The summed E-state index contributed by atoms with van der Waals surface area (Å²) in [6, 6.07) is 9.47. The van der Waals surface area contributed by atoms with Gasteiger partial charge in [-0.05, 0) is 72.7 Å². The third-order valence-electron chi connectivity index (χ3n) is 5.63. The third kappa shape index (κ3) is 10.1. The van der Waals surface area contributed by atoms with Gasteiger partial charge in [0.2, 0.25) is 5.91 Å². The molecule has 0 aliphatic heterocycles. The minimum atomic E-state index is -4.91. The van der Waals surface area contributed by atoms with Crippen LogP contribution in [0.3, 0.4) is 0 Å². The van der Waals surface area contributed by atoms with Gasteiger partial charge in [-0.3, -0.25) is 4.79 Å². The van der Waals surface area contributed by atoms with E-state index in [0.29, 0.717) is 42.9 Å². The summed E-state index contributed by atoms with van der Waals surface area (Å²) in [6.07, 6.45) is -5.84. The molecule has 0 heterocycles. The van der Waals surface area contributed by atoms with Crippen molar-refractivity contribution in [3.63, 3.8) is 0 Å². The molecule has 1 fully saturated rings. The predicted molar refractivity (Wildman–Crippen MR) is 128 cm³/mol. The number of hydrogen-bond acceptors (Lipinski definition) is 5. The number of benzene rings is 2. The lowest BCUT2D eigenvalue weighted by Gasteiger charge is -2.29. The summed E-state index contributed by atoms with van der Waals surface area (Å²) in [7, 11) is 0. The zero-order chi connectivity index (χ0) is 27.2. The highest BCUT2D eigenvalue weighted by Gasteiger charge is 2.33. The normalized spacial score (nSPS) is 18.1. The lowest BCUT2D eigenvalue weighted by molar-refractivity contribution is -0.275. The molecule has 0 radical (unpaired) electrons. The quantitative estimate of drug-likeness (QED) is 0.261. The van der Waals surface area contributed by atoms with Gasteiger partial charge in [-0.1, -0.05) is 24.4 Å². The summed E-state index contributed by atoms with van der Waals surface area (Å²) in [4.78, 5) is 12.1. The number of halogens is 6. The smallest absolute Gasteiger partial charge is 0.490 e. The Kier molecular flexibility index (Phi) is 9.27. The molecule has 1 aliphatic carbocycles. The number of ether oxygens (including phenoxy) is 3. The minimum Gasteiger partial charge on any atom is -0.490 e. The van der Waals surface area contributed by atoms with Crippen molar-refractivity contribution in [2.75, 3.05) is 5.32 Å². The Labute approximate surface area is 215 Å². The third-order valence-corrected chi connectivity index (χ3v) is 5.94. The number of hydrogen-bond donors (Lipinski definition) is 1. The second-order valence-corrected chi connectivity index (χ2v) is 9.34. The maximum atomic E-state index is 12.6. The zero-order valence-corrected chi connectivity index (χ0v) is 20.6. The van der Waals surface area contributed by atoms with Crippen LogP contribution in [-0.2, 0) is 11.2 Å². The van der Waals surface area contributed by atoms with E-state index in [1.807, 2.05) is 0 Å². The first-order valence-electron chi connectivity index (χ1n) is 11.5. The molecule has 0 unspecified atom stereocenters. The highest BCUT2D eigenvalue weighted by Crippen LogP contribution is 2.36. The van der Waals surface area contributed by atoms with Crippen molar-refractivity contribution in [2.24, 2.45) is 5.92 Å². The zero-order valence-electron chi connectivity index (χ0n) is 19.7. The highest BCUT2D eigenvalue weighted by molar-refractivity contribution is 7.80. The van der Waals surface area contributed by atoms with Crippen LogP contribution in [0.1, 0.15) is 44.6 Å². The number of nitrogens with one attached hydrogen (secondary N) is 1. The fourth-order valence-electron chi connectivity index (χ4n) is 4.20. The van der Waals surface area contributed by atoms with Gasteiger partial charge in [0.15, 0.2) is 5.75 Å². The van der Waals surface area contributed by atoms with Gasteiger partial charge in [-0.15, -0.1) is 26.3 Å². The summed E-state index contributed by atoms with van der Waals surface area (Å²) in [5, 5.41) is 2.31. The van der Waals surface area contributed by atoms with E-state index in [2.05, 4.69) is 14.8 Å². The maximum Gasteiger partial charge on any atom is 0.573 e. The van der Waals surface area contributed by atoms with Crippen molar-refractivity contribution in [2.45, 2.75) is 64.3 Å². The van der Waals surface area contributed by atoms with Gasteiger partial charge >= 0.3 is 12.7 Å². The monoisotopic (exact) mass is 549 g/mol. The Morgan fingerprint density at radius 3 is 2.24 bits per heavy atom. The molecule has 1 N–H and O–H groups in total. The number of thiocarbonyl (C=S) groups is 1. The van der Waals surface area contributed by atoms with Gasteiger partial charge in [0.1, 0.15) is 11.5 Å². The average Bonchev–Trinajstić information content (AvgIpc) is 2.75. The summed E-state index contributed by atoms with van der Waals surface area (Å²) in [6.45, 7) is 1.17. The Morgan fingerprint density at radius 1 is 0.946 bits per heavy atom. The summed E-state index contributed by atoms with van der Waals surface area (Å²) >= 11 is 5.48. The summed E-state index contributed by atoms with van der Waals surface area (Å²) in [5.74, 6) is -0.786. The second-order valence-electron chi connectivity index (χ2n) is 8.76. The number of carbonyl (C=O) groups is 1. The lowest BCUT2D eigenvalue weighted by atomic mass is 9.84. The fourth-order valence-corrected chi connectivity index (χ4v) is 4.61. The van der Waals surface area contributed by atoms with Crippen molar-refractivity contribution >= 4 is 28.7 Å². The molecule has 1 aliphatic rings. The van der Waals surface area contributed by atoms with Crippen molar-refractivity contribution < 1.29 is 45.3 Å². The number of alkyl halides is 6. The molecular weight excluding hydrogens is 524 g/mol. The molecule has 37 heavy (non-hydrogen) atoms. The van der Waals surface area contributed by atoms with E-state index in [9.17, 15) is 31.1 Å². The van der Waals surface area contributed by atoms with Crippen molar-refractivity contribution in [1.29, 1.82) is 0 Å². The lowest BCUT2D eigenvalue weighted by Crippen LogP contribution is -2.25. The van der Waals surface area contributed by atoms with E-state index < -0.39 is 24.4 Å². The van der Waals surface area contributed by atoms with Crippen LogP contribution < -0.4 is 19.5 Å². The van der Waals surface area contributed by atoms with Gasteiger partial charge in [-0.25, -0.2) is 0 Å². The van der Waals surface area contributed by atoms with Gasteiger partial charge in [0.05, 0.1) is 11.8 Å². The Morgan fingerprint density at radius 2 is 1.62 bits per heavy atom. The first-order valence-corrected chi connectivity index (χ1v) is 11.9. The van der Waals surface area contributed by atoms with Crippen LogP contribution in [0.2, 0.25) is 0 Å². The standard InChI is InChI=1S/C25H25F6NO4S/c1-15(33)32-22-14-19(9-10-23(22)36-25(29,30)31)34-18-7-5-16(6-8-18)12-21(37)13-17-3-2-4-20(11-17)35-24(26,27)28/h2-4,9-11,14,16,18H,5-8,12-13H2,1H3,(H,32,33). The van der Waals surface area contributed by atoms with Gasteiger partial charge < -0.3 is 19.5 Å². The molecule has 2 aromatic rings. The molecule has 0 spiro atoms. The predicted octanol–water partition coefficient (Wildman–Crippen LogP) is 7.38. The largest absolute Gasteiger partial charge is 0.573 e. The molecule has 0 aromatic heterocycles. The Balaban J connectivity index is 1.51. The molecular formula is C25H25F6NO4S. The topological polar surface area (TPSA) is 56.8 Å². The van der Waals surface area contributed by atoms with Crippen LogP contribution in [0.5, 0.6) is 17.2 Å². The molecule has 202 valence electrons. The fraction of sp³-hybridized carbons (Fsp3) is 0.440. The van der Waals surface area contributed by atoms with Crippen LogP contribution in [-0.4, -0.2) is 29.6 Å². The van der Waals surface area contributed by atoms with Gasteiger partial charge in [-0.2, -0.15) is 0 Å². The highest BCUT2D eigenvalue weighted by atomic mass is 32.1. The molecule has 0 bridgehead atoms. The Bertz CT molecular complexity index is 1100. The Hall–Kier alpha value is -3.02. The van der Waals surface area contributed by atoms with Crippen LogP contribution in [0.4, 0.5) is 32.0 Å². The van der Waals surface area contributed by atoms with Crippen LogP contribution in [0.15, 0.2) is 42.5 Å². The first-order chi connectivity index (χ1) is 17.3. The minimum absolute atomic E-state index is 0.147. The molecule has 0 atom stereocenters. The molecule has 1 amide bonds. The molecule has 3 rings (SSSR count). The summed E-state index contributed by atoms with van der Waals surface area (Å²) in [5.41, 5.74) is 0.489. The molecule has 2 aromatic carbocycles. The average molecular weight is 550 g/mol. The van der Waals surface area contributed by atoms with E-state index in [1.165, 1.54) is 37.3 Å². The van der Waals surface area contributed by atoms with Crippen LogP contribution in [0.25, 0.3) is 0 Å². The maximum absolute atomic E-state index is 12.6. The SMILES string of the molecule is CC(=O)Nc1cc(OC2CCC(CC(=S)Cc3cccc(OC(F)(F)F)c3)CC2)ccc1OC(F)(F)F. The van der Waals surface area contributed by atoms with E-state index in [-0.39, 0.29) is 17.5 Å². The first kappa shape index (κ1) is 28.5. The molecule has 1 saturated carbocycles. The summed E-state index contributed by atoms with van der Waals surface area (Å²) < 4.78 is 89.1. The van der Waals surface area contributed by atoms with Crippen molar-refractivity contribution in [1.82, 2.24) is 0 Å². The van der Waals surface area contributed by atoms with Gasteiger partial charge in [0.25, 0.3) is 0 Å². The van der Waals surface area contributed by atoms with Crippen LogP contribution >= 0.6 is 12.2 Å². The molecule has 12 heteroatoms. The number of carbonyl (C=O) groups excluding carboxylic acids is 1. The van der Waals surface area contributed by atoms with Crippen molar-refractivity contribution in [3.05, 3.63) is 48.0 Å². The van der Waals surface area contributed by atoms with E-state index in [1.54, 1.807) is 6.07 Å². The molecule has 0 saturated heterocycles. The van der Waals surface area contributed by atoms with Gasteiger partial charge in [0, 0.05) is 19.4 Å². The molecule has 5 nitrogen and oxygen atoms in total.